The molecule has 0 fully saturated rings. The molecule has 0 amide bonds. The second-order valence-electron chi connectivity index (χ2n) is 7.88. The van der Waals surface area contributed by atoms with E-state index in [1.54, 1.807) is 25.3 Å². The van der Waals surface area contributed by atoms with E-state index in [1.807, 2.05) is 55.5 Å². The molecule has 7 heteroatoms. The van der Waals surface area contributed by atoms with Crippen LogP contribution in [0, 0.1) is 0 Å². The van der Waals surface area contributed by atoms with Crippen LogP contribution in [-0.4, -0.2) is 28.3 Å². The summed E-state index contributed by atoms with van der Waals surface area (Å²) in [7, 11) is 0. The van der Waals surface area contributed by atoms with Crippen molar-refractivity contribution < 1.29 is 14.3 Å². The lowest BCUT2D eigenvalue weighted by atomic mass is 9.82. The third-order valence-corrected chi connectivity index (χ3v) is 5.97. The summed E-state index contributed by atoms with van der Waals surface area (Å²) in [5, 5.41) is 8.23. The van der Waals surface area contributed by atoms with Crippen LogP contribution in [0.15, 0.2) is 78.1 Å². The Morgan fingerprint density at radius 1 is 1.09 bits per heavy atom. The van der Waals surface area contributed by atoms with E-state index in [9.17, 15) is 9.59 Å². The second kappa shape index (κ2) is 10.5. The molecule has 0 bridgehead atoms. The van der Waals surface area contributed by atoms with Gasteiger partial charge in [0.05, 0.1) is 18.4 Å². The normalized spacial score (nSPS) is 15.2. The minimum atomic E-state index is -0.509. The zero-order valence-corrected chi connectivity index (χ0v) is 19.9. The zero-order valence-electron chi connectivity index (χ0n) is 19.1. The molecule has 0 saturated heterocycles. The van der Waals surface area contributed by atoms with E-state index in [-0.39, 0.29) is 12.5 Å². The molecule has 0 spiro atoms. The number of anilines is 1. The van der Waals surface area contributed by atoms with E-state index in [1.165, 1.54) is 10.8 Å². The Hall–Kier alpha value is -3.64. The maximum atomic E-state index is 13.1. The Kier molecular flexibility index (Phi) is 7.28. The van der Waals surface area contributed by atoms with Gasteiger partial charge >= 0.3 is 5.97 Å². The topological polar surface area (TPSA) is 73.2 Å². The van der Waals surface area contributed by atoms with E-state index < -0.39 is 11.9 Å². The number of hydrogen-bond donors (Lipinski definition) is 1. The van der Waals surface area contributed by atoms with Crippen molar-refractivity contribution in [2.24, 2.45) is 0 Å². The third-order valence-electron chi connectivity index (χ3n) is 5.63. The number of aromatic nitrogens is 2. The highest BCUT2D eigenvalue weighted by Gasteiger charge is 2.37. The third kappa shape index (κ3) is 4.68. The number of allylic oxidation sites excluding steroid dienone is 2. The predicted molar refractivity (Wildman–Crippen MR) is 134 cm³/mol. The Morgan fingerprint density at radius 2 is 1.82 bits per heavy atom. The standard InChI is InChI=1S/C27H26ClN3O3/c1-3-10-22-25(27(33)34-4-2)24(19-13-8-9-14-21(19)28)20-17-29-31(26(20)30-22)23(32)16-15-18-11-6-5-7-12-18/h5-9,11-17,24,30H,3-4,10H2,1-2H3. The lowest BCUT2D eigenvalue weighted by Gasteiger charge is -2.29. The Morgan fingerprint density at radius 3 is 2.53 bits per heavy atom. The van der Waals surface area contributed by atoms with Gasteiger partial charge in [0.15, 0.2) is 0 Å². The first kappa shape index (κ1) is 23.5. The fraction of sp³-hybridized carbons (Fsp3) is 0.222. The highest BCUT2D eigenvalue weighted by atomic mass is 35.5. The first-order valence-electron chi connectivity index (χ1n) is 11.3. The van der Waals surface area contributed by atoms with Crippen LogP contribution in [-0.2, 0) is 9.53 Å². The molecule has 0 radical (unpaired) electrons. The molecule has 3 aromatic rings. The van der Waals surface area contributed by atoms with Gasteiger partial charge in [-0.3, -0.25) is 4.79 Å². The van der Waals surface area contributed by atoms with Gasteiger partial charge < -0.3 is 10.1 Å². The number of nitrogens with one attached hydrogen (secondary N) is 1. The van der Waals surface area contributed by atoms with Crippen LogP contribution in [0.25, 0.3) is 6.08 Å². The van der Waals surface area contributed by atoms with Gasteiger partial charge in [-0.1, -0.05) is 73.5 Å². The van der Waals surface area contributed by atoms with Crippen molar-refractivity contribution in [3.63, 3.8) is 0 Å². The fourth-order valence-corrected chi connectivity index (χ4v) is 4.38. The number of rotatable bonds is 7. The van der Waals surface area contributed by atoms with E-state index in [4.69, 9.17) is 16.3 Å². The van der Waals surface area contributed by atoms with Crippen LogP contribution >= 0.6 is 11.6 Å². The number of hydrogen-bond acceptors (Lipinski definition) is 5. The summed E-state index contributed by atoms with van der Waals surface area (Å²) in [6, 6.07) is 17.0. The molecule has 6 nitrogen and oxygen atoms in total. The maximum Gasteiger partial charge on any atom is 0.336 e. The molecule has 1 N–H and O–H groups in total. The van der Waals surface area contributed by atoms with Gasteiger partial charge in [-0.2, -0.15) is 9.78 Å². The summed E-state index contributed by atoms with van der Waals surface area (Å²) < 4.78 is 6.75. The molecule has 2 heterocycles. The SMILES string of the molecule is CCCC1=C(C(=O)OCC)C(c2ccccc2Cl)c2cnn(C(=O)C=Cc3ccccc3)c2N1. The first-order chi connectivity index (χ1) is 16.5. The Bertz CT molecular complexity index is 1260. The quantitative estimate of drug-likeness (QED) is 0.332. The molecular weight excluding hydrogens is 450 g/mol. The maximum absolute atomic E-state index is 13.1. The minimum absolute atomic E-state index is 0.256. The molecule has 1 aliphatic rings. The highest BCUT2D eigenvalue weighted by Crippen LogP contribution is 2.45. The molecule has 1 atom stereocenters. The summed E-state index contributed by atoms with van der Waals surface area (Å²) in [4.78, 5) is 26.2. The van der Waals surface area contributed by atoms with Crippen LogP contribution < -0.4 is 5.32 Å². The van der Waals surface area contributed by atoms with E-state index in [0.29, 0.717) is 34.1 Å². The number of benzene rings is 2. The number of halogens is 1. The molecule has 1 unspecified atom stereocenters. The molecule has 34 heavy (non-hydrogen) atoms. The average Bonchev–Trinajstić information content (AvgIpc) is 3.27. The van der Waals surface area contributed by atoms with Gasteiger partial charge in [-0.25, -0.2) is 4.79 Å². The number of fused-ring (bicyclic) bond motifs is 1. The van der Waals surface area contributed by atoms with Gasteiger partial charge in [0.25, 0.3) is 5.91 Å². The molecule has 4 rings (SSSR count). The lowest BCUT2D eigenvalue weighted by Crippen LogP contribution is -2.27. The smallest absolute Gasteiger partial charge is 0.336 e. The number of ether oxygens (including phenoxy) is 1. The largest absolute Gasteiger partial charge is 0.463 e. The van der Waals surface area contributed by atoms with Crippen molar-refractivity contribution in [2.45, 2.75) is 32.6 Å². The fourth-order valence-electron chi connectivity index (χ4n) is 4.14. The average molecular weight is 476 g/mol. The molecule has 2 aromatic carbocycles. The number of carbonyl (C=O) groups excluding carboxylic acids is 2. The number of nitrogens with zero attached hydrogens (tertiary/aromatic N) is 2. The van der Waals surface area contributed by atoms with Crippen molar-refractivity contribution in [2.75, 3.05) is 11.9 Å². The number of carbonyl (C=O) groups is 2. The number of esters is 1. The van der Waals surface area contributed by atoms with Crippen molar-refractivity contribution in [3.8, 4) is 0 Å². The Balaban J connectivity index is 1.82. The van der Waals surface area contributed by atoms with Gasteiger partial charge in [0.2, 0.25) is 0 Å². The summed E-state index contributed by atoms with van der Waals surface area (Å²) in [5.74, 6) is -0.683. The zero-order chi connectivity index (χ0) is 24.1. The summed E-state index contributed by atoms with van der Waals surface area (Å²) >= 11 is 6.58. The minimum Gasteiger partial charge on any atom is -0.463 e. The van der Waals surface area contributed by atoms with Crippen molar-refractivity contribution in [1.29, 1.82) is 0 Å². The van der Waals surface area contributed by atoms with E-state index >= 15 is 0 Å². The molecule has 1 aliphatic heterocycles. The van der Waals surface area contributed by atoms with Crippen LogP contribution in [0.3, 0.4) is 0 Å². The molecule has 1 aromatic heterocycles. The molecular formula is C27H26ClN3O3. The summed E-state index contributed by atoms with van der Waals surface area (Å²) in [6.45, 7) is 4.06. The van der Waals surface area contributed by atoms with Crippen LogP contribution in [0.4, 0.5) is 5.82 Å². The van der Waals surface area contributed by atoms with Gasteiger partial charge in [0, 0.05) is 28.3 Å². The Labute approximate surface area is 203 Å². The summed E-state index contributed by atoms with van der Waals surface area (Å²) in [5.41, 5.74) is 3.57. The van der Waals surface area contributed by atoms with E-state index in [0.717, 1.165) is 17.5 Å². The van der Waals surface area contributed by atoms with Gasteiger partial charge in [-0.05, 0) is 36.6 Å². The second-order valence-corrected chi connectivity index (χ2v) is 8.29. The lowest BCUT2D eigenvalue weighted by molar-refractivity contribution is -0.138. The van der Waals surface area contributed by atoms with Crippen molar-refractivity contribution in [1.82, 2.24) is 9.78 Å². The van der Waals surface area contributed by atoms with Crippen LogP contribution in [0.5, 0.6) is 0 Å². The van der Waals surface area contributed by atoms with E-state index in [2.05, 4.69) is 10.4 Å². The van der Waals surface area contributed by atoms with Gasteiger partial charge in [0.1, 0.15) is 5.82 Å². The van der Waals surface area contributed by atoms with Gasteiger partial charge in [-0.15, -0.1) is 0 Å². The molecule has 0 saturated carbocycles. The first-order valence-corrected chi connectivity index (χ1v) is 11.7. The highest BCUT2D eigenvalue weighted by molar-refractivity contribution is 6.31. The predicted octanol–water partition coefficient (Wildman–Crippen LogP) is 6.06. The molecule has 174 valence electrons. The van der Waals surface area contributed by atoms with Crippen LogP contribution in [0.1, 0.15) is 54.1 Å². The van der Waals surface area contributed by atoms with Crippen LogP contribution in [0.2, 0.25) is 5.02 Å². The van der Waals surface area contributed by atoms with Crippen molar-refractivity contribution >= 4 is 35.4 Å². The van der Waals surface area contributed by atoms with Crippen molar-refractivity contribution in [3.05, 3.63) is 99.9 Å². The summed E-state index contributed by atoms with van der Waals surface area (Å²) in [6.07, 6.45) is 6.25. The monoisotopic (exact) mass is 475 g/mol. The molecule has 0 aliphatic carbocycles.